The molecule has 0 atom stereocenters. The van der Waals surface area contributed by atoms with E-state index in [0.29, 0.717) is 5.57 Å². The molecule has 0 aliphatic carbocycles. The van der Waals surface area contributed by atoms with Crippen LogP contribution in [0.15, 0.2) is 54.1 Å². The molecule has 0 aromatic heterocycles. The van der Waals surface area contributed by atoms with Gasteiger partial charge in [-0.2, -0.15) is 0 Å². The molecule has 2 aromatic carbocycles. The Morgan fingerprint density at radius 1 is 1.21 bits per heavy atom. The largest absolute Gasteiger partial charge is 0.370 e. The third-order valence-corrected chi connectivity index (χ3v) is 3.33. The van der Waals surface area contributed by atoms with Gasteiger partial charge in [-0.15, -0.1) is 0 Å². The number of non-ortho nitro benzene ring substituents is 1. The lowest BCUT2D eigenvalue weighted by atomic mass is 9.98. The summed E-state index contributed by atoms with van der Waals surface area (Å²) in [6.07, 6.45) is 1.68. The van der Waals surface area contributed by atoms with E-state index >= 15 is 0 Å². The van der Waals surface area contributed by atoms with Gasteiger partial charge in [0, 0.05) is 17.7 Å². The van der Waals surface area contributed by atoms with E-state index in [1.54, 1.807) is 25.1 Å². The summed E-state index contributed by atoms with van der Waals surface area (Å²) >= 11 is 0. The molecular formula is C17H16N4O3. The number of carbonyl (C=O) groups excluding carboxylic acids is 1. The molecule has 0 bridgehead atoms. The number of hydrogen-bond acceptors (Lipinski definition) is 4. The number of nitro benzene ring substituents is 1. The summed E-state index contributed by atoms with van der Waals surface area (Å²) < 4.78 is 0. The topological polar surface area (TPSA) is 122 Å². The van der Waals surface area contributed by atoms with Crippen LogP contribution in [0.2, 0.25) is 0 Å². The number of benzene rings is 2. The van der Waals surface area contributed by atoms with Crippen LogP contribution in [0.3, 0.4) is 0 Å². The normalized spacial score (nSPS) is 11.0. The average molecular weight is 324 g/mol. The second kappa shape index (κ2) is 7.19. The third-order valence-electron chi connectivity index (χ3n) is 3.33. The van der Waals surface area contributed by atoms with E-state index in [2.05, 4.69) is 5.32 Å². The zero-order chi connectivity index (χ0) is 17.7. The number of guanidine groups is 1. The minimum Gasteiger partial charge on any atom is -0.370 e. The fourth-order valence-electron chi connectivity index (χ4n) is 2.17. The van der Waals surface area contributed by atoms with Crippen LogP contribution >= 0.6 is 0 Å². The lowest BCUT2D eigenvalue weighted by Gasteiger charge is -2.08. The maximum Gasteiger partial charge on any atom is 0.269 e. The lowest BCUT2D eigenvalue weighted by molar-refractivity contribution is -0.384. The Bertz CT molecular complexity index is 826. The molecule has 2 rings (SSSR count). The molecule has 0 spiro atoms. The predicted molar refractivity (Wildman–Crippen MR) is 92.2 cm³/mol. The van der Waals surface area contributed by atoms with Crippen molar-refractivity contribution in [2.45, 2.75) is 6.92 Å². The third kappa shape index (κ3) is 4.04. The molecule has 24 heavy (non-hydrogen) atoms. The minimum atomic E-state index is -0.457. The Balaban J connectivity index is 2.38. The van der Waals surface area contributed by atoms with Crippen molar-refractivity contribution in [2.75, 3.05) is 0 Å². The highest BCUT2D eigenvalue weighted by atomic mass is 16.6. The summed E-state index contributed by atoms with van der Waals surface area (Å²) in [6, 6.07) is 13.6. The molecule has 4 N–H and O–H groups in total. The maximum atomic E-state index is 11.9. The first-order chi connectivity index (χ1) is 11.4. The first-order valence-electron chi connectivity index (χ1n) is 7.06. The first kappa shape index (κ1) is 16.9. The van der Waals surface area contributed by atoms with Gasteiger partial charge >= 0.3 is 0 Å². The van der Waals surface area contributed by atoms with E-state index in [9.17, 15) is 14.9 Å². The summed E-state index contributed by atoms with van der Waals surface area (Å²) in [5, 5.41) is 20.1. The van der Waals surface area contributed by atoms with E-state index in [4.69, 9.17) is 11.1 Å². The van der Waals surface area contributed by atoms with Crippen LogP contribution in [0.5, 0.6) is 0 Å². The molecule has 0 aliphatic heterocycles. The van der Waals surface area contributed by atoms with Crippen molar-refractivity contribution in [1.82, 2.24) is 5.32 Å². The molecule has 2 aromatic rings. The molecule has 1 amide bonds. The number of nitrogens with one attached hydrogen (secondary N) is 2. The molecule has 0 unspecified atom stereocenters. The zero-order valence-electron chi connectivity index (χ0n) is 12.9. The summed E-state index contributed by atoms with van der Waals surface area (Å²) in [5.74, 6) is -0.877. The van der Waals surface area contributed by atoms with Crippen LogP contribution in [0.4, 0.5) is 5.69 Å². The Morgan fingerprint density at radius 2 is 1.83 bits per heavy atom. The smallest absolute Gasteiger partial charge is 0.269 e. The second-order valence-corrected chi connectivity index (χ2v) is 5.09. The monoisotopic (exact) mass is 324 g/mol. The van der Waals surface area contributed by atoms with Crippen LogP contribution in [0.1, 0.15) is 12.5 Å². The number of nitrogens with zero attached hydrogens (tertiary/aromatic N) is 1. The minimum absolute atomic E-state index is 0.0174. The van der Waals surface area contributed by atoms with Crippen molar-refractivity contribution >= 4 is 23.6 Å². The van der Waals surface area contributed by atoms with Crippen LogP contribution < -0.4 is 11.1 Å². The van der Waals surface area contributed by atoms with Crippen molar-refractivity contribution in [2.24, 2.45) is 5.73 Å². The molecule has 0 saturated carbocycles. The van der Waals surface area contributed by atoms with Gasteiger partial charge in [-0.1, -0.05) is 24.3 Å². The summed E-state index contributed by atoms with van der Waals surface area (Å²) in [5.41, 5.74) is 7.97. The van der Waals surface area contributed by atoms with Crippen LogP contribution in [-0.2, 0) is 4.79 Å². The van der Waals surface area contributed by atoms with E-state index < -0.39 is 16.8 Å². The fourth-order valence-corrected chi connectivity index (χ4v) is 2.17. The maximum absolute atomic E-state index is 11.9. The number of nitro groups is 1. The molecule has 0 aliphatic rings. The Hall–Kier alpha value is -3.48. The number of hydrogen-bond donors (Lipinski definition) is 3. The van der Waals surface area contributed by atoms with Crippen molar-refractivity contribution in [3.8, 4) is 11.1 Å². The zero-order valence-corrected chi connectivity index (χ0v) is 12.9. The number of carbonyl (C=O) groups is 1. The van der Waals surface area contributed by atoms with Gasteiger partial charge in [0.1, 0.15) is 0 Å². The molecule has 7 heteroatoms. The van der Waals surface area contributed by atoms with Gasteiger partial charge in [0.25, 0.3) is 11.6 Å². The van der Waals surface area contributed by atoms with E-state index in [-0.39, 0.29) is 5.69 Å². The van der Waals surface area contributed by atoms with Gasteiger partial charge < -0.3 is 5.73 Å². The lowest BCUT2D eigenvalue weighted by Crippen LogP contribution is -2.36. The van der Waals surface area contributed by atoms with Gasteiger partial charge in [-0.05, 0) is 41.8 Å². The molecule has 0 radical (unpaired) electrons. The predicted octanol–water partition coefficient (Wildman–Crippen LogP) is 2.67. The first-order valence-corrected chi connectivity index (χ1v) is 7.06. The molecule has 0 saturated heterocycles. The molecule has 0 fully saturated rings. The number of rotatable bonds is 4. The quantitative estimate of drug-likeness (QED) is 0.263. The molecular weight excluding hydrogens is 308 g/mol. The Morgan fingerprint density at radius 3 is 2.42 bits per heavy atom. The van der Waals surface area contributed by atoms with Crippen molar-refractivity contribution in [3.05, 3.63) is 69.8 Å². The Labute approximate surface area is 138 Å². The van der Waals surface area contributed by atoms with Crippen molar-refractivity contribution < 1.29 is 9.72 Å². The highest BCUT2D eigenvalue weighted by molar-refractivity contribution is 6.06. The van der Waals surface area contributed by atoms with Crippen molar-refractivity contribution in [1.29, 1.82) is 5.41 Å². The standard InChI is InChI=1S/C17H16N4O3/c1-11(16(22)20-17(18)19)10-13-4-2-3-5-15(13)12-6-8-14(9-7-12)21(23)24/h2-10H,1H3,(H4,18,19,20,22)/b11-10+. The average Bonchev–Trinajstić information content (AvgIpc) is 2.54. The van der Waals surface area contributed by atoms with Crippen LogP contribution in [-0.4, -0.2) is 16.8 Å². The van der Waals surface area contributed by atoms with Gasteiger partial charge in [-0.3, -0.25) is 25.6 Å². The highest BCUT2D eigenvalue weighted by Crippen LogP contribution is 2.27. The van der Waals surface area contributed by atoms with Crippen LogP contribution in [0.25, 0.3) is 17.2 Å². The number of nitrogens with two attached hydrogens (primary N) is 1. The summed E-state index contributed by atoms with van der Waals surface area (Å²) in [6.45, 7) is 1.62. The summed E-state index contributed by atoms with van der Waals surface area (Å²) in [7, 11) is 0. The molecule has 0 heterocycles. The van der Waals surface area contributed by atoms with E-state index in [1.165, 1.54) is 12.1 Å². The van der Waals surface area contributed by atoms with Gasteiger partial charge in [0.15, 0.2) is 5.96 Å². The van der Waals surface area contributed by atoms with Gasteiger partial charge in [-0.25, -0.2) is 0 Å². The van der Waals surface area contributed by atoms with E-state index in [1.807, 2.05) is 24.3 Å². The molecule has 7 nitrogen and oxygen atoms in total. The number of amides is 1. The fraction of sp³-hybridized carbons (Fsp3) is 0.0588. The second-order valence-electron chi connectivity index (χ2n) is 5.09. The SMILES string of the molecule is C/C(=C\c1ccccc1-c1ccc([N+](=O)[O-])cc1)C(=O)NC(=N)N. The highest BCUT2D eigenvalue weighted by Gasteiger charge is 2.09. The van der Waals surface area contributed by atoms with Gasteiger partial charge in [0.05, 0.1) is 4.92 Å². The van der Waals surface area contributed by atoms with Gasteiger partial charge in [0.2, 0.25) is 0 Å². The van der Waals surface area contributed by atoms with Crippen molar-refractivity contribution in [3.63, 3.8) is 0 Å². The molecule has 122 valence electrons. The Kier molecular flexibility index (Phi) is 5.06. The van der Waals surface area contributed by atoms with E-state index in [0.717, 1.165) is 16.7 Å². The summed E-state index contributed by atoms with van der Waals surface area (Å²) in [4.78, 5) is 22.1. The van der Waals surface area contributed by atoms with Crippen LogP contribution in [0, 0.1) is 15.5 Å².